The Hall–Kier alpha value is -0.0800. The first-order valence-electron chi connectivity index (χ1n) is 8.99. The van der Waals surface area contributed by atoms with Gasteiger partial charge >= 0.3 is 0 Å². The minimum Gasteiger partial charge on any atom is -0.372 e. The highest BCUT2D eigenvalue weighted by molar-refractivity contribution is 5.11. The lowest BCUT2D eigenvalue weighted by molar-refractivity contribution is -0.693. The standard InChI is InChI=1S/C18H33NO/c1-17(2)14-9-10-18(17,3)16(13-14)20-12-11-19-15-7-5-4-6-8-15/h14-16,19H,4-13H2,1-3H3/p+1/t14-,16+,18-/m0/s1. The van der Waals surface area contributed by atoms with E-state index in [1.54, 1.807) is 0 Å². The van der Waals surface area contributed by atoms with Gasteiger partial charge in [-0.25, -0.2) is 0 Å². The molecule has 2 N–H and O–H groups in total. The Labute approximate surface area is 125 Å². The highest BCUT2D eigenvalue weighted by Gasteiger charge is 2.61. The van der Waals surface area contributed by atoms with Gasteiger partial charge in [0.05, 0.1) is 25.3 Å². The zero-order valence-corrected chi connectivity index (χ0v) is 13.8. The van der Waals surface area contributed by atoms with Crippen molar-refractivity contribution < 1.29 is 10.1 Å². The zero-order chi connectivity index (χ0) is 14.2. The monoisotopic (exact) mass is 280 g/mol. The fourth-order valence-corrected chi connectivity index (χ4v) is 5.27. The topological polar surface area (TPSA) is 25.8 Å². The molecule has 3 rings (SSSR count). The molecule has 0 aliphatic heterocycles. The number of ether oxygens (including phenoxy) is 1. The summed E-state index contributed by atoms with van der Waals surface area (Å²) < 4.78 is 6.34. The van der Waals surface area contributed by atoms with Crippen LogP contribution in [0, 0.1) is 16.7 Å². The number of quaternary nitrogens is 1. The maximum Gasteiger partial charge on any atom is 0.0995 e. The first-order chi connectivity index (χ1) is 9.54. The van der Waals surface area contributed by atoms with E-state index in [1.165, 1.54) is 57.9 Å². The van der Waals surface area contributed by atoms with Crippen LogP contribution in [0.25, 0.3) is 0 Å². The predicted octanol–water partition coefficient (Wildman–Crippen LogP) is 3.11. The second-order valence-electron chi connectivity index (χ2n) is 8.39. The lowest BCUT2D eigenvalue weighted by Crippen LogP contribution is -2.91. The van der Waals surface area contributed by atoms with E-state index >= 15 is 0 Å². The summed E-state index contributed by atoms with van der Waals surface area (Å²) in [7, 11) is 0. The van der Waals surface area contributed by atoms with E-state index in [1.807, 2.05) is 0 Å². The Morgan fingerprint density at radius 2 is 1.80 bits per heavy atom. The quantitative estimate of drug-likeness (QED) is 0.769. The Balaban J connectivity index is 1.41. The minimum atomic E-state index is 0.433. The molecule has 3 aliphatic carbocycles. The fraction of sp³-hybridized carbons (Fsp3) is 1.00. The van der Waals surface area contributed by atoms with Crippen molar-refractivity contribution in [2.75, 3.05) is 13.2 Å². The molecule has 0 spiro atoms. The van der Waals surface area contributed by atoms with Crippen LogP contribution >= 0.6 is 0 Å². The third kappa shape index (κ3) is 2.43. The van der Waals surface area contributed by atoms with E-state index < -0.39 is 0 Å². The van der Waals surface area contributed by atoms with Crippen LogP contribution in [0.2, 0.25) is 0 Å². The second kappa shape index (κ2) is 5.61. The molecule has 20 heavy (non-hydrogen) atoms. The lowest BCUT2D eigenvalue weighted by atomic mass is 9.70. The second-order valence-corrected chi connectivity index (χ2v) is 8.39. The van der Waals surface area contributed by atoms with Gasteiger partial charge in [-0.3, -0.25) is 0 Å². The lowest BCUT2D eigenvalue weighted by Gasteiger charge is -2.38. The van der Waals surface area contributed by atoms with Crippen LogP contribution in [0.5, 0.6) is 0 Å². The Kier molecular flexibility index (Phi) is 4.16. The van der Waals surface area contributed by atoms with Gasteiger partial charge in [0, 0.05) is 0 Å². The Morgan fingerprint density at radius 3 is 2.40 bits per heavy atom. The van der Waals surface area contributed by atoms with Crippen molar-refractivity contribution in [1.29, 1.82) is 0 Å². The third-order valence-electron chi connectivity index (χ3n) is 7.30. The molecule has 3 saturated carbocycles. The first-order valence-corrected chi connectivity index (χ1v) is 8.99. The van der Waals surface area contributed by atoms with Crippen LogP contribution in [0.3, 0.4) is 0 Å². The molecule has 0 radical (unpaired) electrons. The van der Waals surface area contributed by atoms with Crippen LogP contribution < -0.4 is 5.32 Å². The van der Waals surface area contributed by atoms with E-state index in [0.29, 0.717) is 16.9 Å². The van der Waals surface area contributed by atoms with Gasteiger partial charge in [0.25, 0.3) is 0 Å². The van der Waals surface area contributed by atoms with Crippen molar-refractivity contribution in [2.24, 2.45) is 16.7 Å². The molecular formula is C18H34NO+. The van der Waals surface area contributed by atoms with Crippen molar-refractivity contribution in [2.45, 2.75) is 84.3 Å². The number of rotatable bonds is 5. The minimum absolute atomic E-state index is 0.433. The van der Waals surface area contributed by atoms with Gasteiger partial charge in [0.15, 0.2) is 0 Å². The van der Waals surface area contributed by atoms with Crippen LogP contribution in [-0.2, 0) is 4.74 Å². The van der Waals surface area contributed by atoms with E-state index in [9.17, 15) is 0 Å². The average molecular weight is 280 g/mol. The van der Waals surface area contributed by atoms with Gasteiger partial charge in [-0.1, -0.05) is 27.2 Å². The van der Waals surface area contributed by atoms with Crippen LogP contribution in [0.1, 0.15) is 72.1 Å². The molecule has 0 aromatic carbocycles. The first kappa shape index (κ1) is 14.8. The molecule has 116 valence electrons. The fourth-order valence-electron chi connectivity index (χ4n) is 5.27. The largest absolute Gasteiger partial charge is 0.372 e. The highest BCUT2D eigenvalue weighted by Crippen LogP contribution is 2.66. The molecule has 0 aromatic rings. The molecule has 2 heteroatoms. The van der Waals surface area contributed by atoms with Crippen molar-refractivity contribution in [3.05, 3.63) is 0 Å². The summed E-state index contributed by atoms with van der Waals surface area (Å²) in [6, 6.07) is 0.888. The number of fused-ring (bicyclic) bond motifs is 2. The molecule has 3 atom stereocenters. The van der Waals surface area contributed by atoms with Crippen molar-refractivity contribution in [1.82, 2.24) is 0 Å². The molecule has 3 fully saturated rings. The maximum absolute atomic E-state index is 6.34. The third-order valence-corrected chi connectivity index (χ3v) is 7.30. The van der Waals surface area contributed by atoms with E-state index in [-0.39, 0.29) is 0 Å². The molecule has 0 heterocycles. The molecular weight excluding hydrogens is 246 g/mol. The SMILES string of the molecule is CC1(C)[C@H]2CC[C@@]1(C)[C@H](OCC[NH2+]C1CCCCC1)C2. The molecule has 0 amide bonds. The van der Waals surface area contributed by atoms with Crippen molar-refractivity contribution in [3.63, 3.8) is 0 Å². The predicted molar refractivity (Wildman–Crippen MR) is 82.6 cm³/mol. The van der Waals surface area contributed by atoms with Crippen molar-refractivity contribution in [3.8, 4) is 0 Å². The maximum atomic E-state index is 6.34. The summed E-state index contributed by atoms with van der Waals surface area (Å²) in [5.41, 5.74) is 0.924. The molecule has 2 bridgehead atoms. The summed E-state index contributed by atoms with van der Waals surface area (Å²) in [5, 5.41) is 2.56. The van der Waals surface area contributed by atoms with Gasteiger partial charge in [0.1, 0.15) is 0 Å². The highest BCUT2D eigenvalue weighted by atomic mass is 16.5. The molecule has 0 saturated heterocycles. The molecule has 0 unspecified atom stereocenters. The summed E-state index contributed by atoms with van der Waals surface area (Å²) >= 11 is 0. The number of hydrogen-bond donors (Lipinski definition) is 1. The number of hydrogen-bond acceptors (Lipinski definition) is 1. The smallest absolute Gasteiger partial charge is 0.0995 e. The van der Waals surface area contributed by atoms with Crippen LogP contribution in [0.4, 0.5) is 0 Å². The van der Waals surface area contributed by atoms with Crippen LogP contribution in [0.15, 0.2) is 0 Å². The van der Waals surface area contributed by atoms with E-state index in [4.69, 9.17) is 4.74 Å². The Morgan fingerprint density at radius 1 is 1.05 bits per heavy atom. The van der Waals surface area contributed by atoms with E-state index in [0.717, 1.165) is 18.6 Å². The molecule has 0 aromatic heterocycles. The normalized spacial score (nSPS) is 40.4. The van der Waals surface area contributed by atoms with E-state index in [2.05, 4.69) is 26.1 Å². The molecule has 2 nitrogen and oxygen atoms in total. The molecule has 3 aliphatic rings. The van der Waals surface area contributed by atoms with Gasteiger partial charge in [-0.2, -0.15) is 0 Å². The van der Waals surface area contributed by atoms with Gasteiger partial charge in [-0.05, 0) is 61.7 Å². The van der Waals surface area contributed by atoms with Gasteiger partial charge < -0.3 is 10.1 Å². The van der Waals surface area contributed by atoms with Crippen molar-refractivity contribution >= 4 is 0 Å². The average Bonchev–Trinajstić information content (AvgIpc) is 2.78. The number of nitrogens with two attached hydrogens (primary N) is 1. The Bertz CT molecular complexity index is 334. The summed E-state index contributed by atoms with van der Waals surface area (Å²) in [4.78, 5) is 0. The van der Waals surface area contributed by atoms with Crippen LogP contribution in [-0.4, -0.2) is 25.3 Å². The summed E-state index contributed by atoms with van der Waals surface area (Å²) in [6.45, 7) is 9.56. The zero-order valence-electron chi connectivity index (χ0n) is 13.8. The van der Waals surface area contributed by atoms with Gasteiger partial charge in [0.2, 0.25) is 0 Å². The summed E-state index contributed by atoms with van der Waals surface area (Å²) in [5.74, 6) is 0.903. The summed E-state index contributed by atoms with van der Waals surface area (Å²) in [6.07, 6.45) is 11.8. The van der Waals surface area contributed by atoms with Gasteiger partial charge in [-0.15, -0.1) is 0 Å².